The molecule has 7 heteroatoms. The standard InChI is InChI=1S/C23H24N6O/c1-2-29-14-17(11-25-29)13-28-15-20(19-9-6-10-24-12-19)21(16-28)23-26-22(27-30-23)18-7-4-3-5-8-18/h3-12,14,20-21H,2,13,15-16H2,1H3. The Morgan fingerprint density at radius 1 is 1.03 bits per heavy atom. The molecule has 1 aliphatic rings. The van der Waals surface area contributed by atoms with Gasteiger partial charge in [0.2, 0.25) is 11.7 Å². The van der Waals surface area contributed by atoms with Gasteiger partial charge < -0.3 is 4.52 Å². The summed E-state index contributed by atoms with van der Waals surface area (Å²) >= 11 is 0. The van der Waals surface area contributed by atoms with Gasteiger partial charge in [-0.2, -0.15) is 10.1 Å². The lowest BCUT2D eigenvalue weighted by Crippen LogP contribution is -2.20. The van der Waals surface area contributed by atoms with E-state index in [0.717, 1.165) is 31.7 Å². The Morgan fingerprint density at radius 2 is 1.90 bits per heavy atom. The minimum absolute atomic E-state index is 0.125. The number of hydrogen-bond donors (Lipinski definition) is 0. The molecule has 0 saturated carbocycles. The minimum Gasteiger partial charge on any atom is -0.339 e. The number of benzene rings is 1. The van der Waals surface area contributed by atoms with Gasteiger partial charge in [-0.1, -0.05) is 41.6 Å². The number of aromatic nitrogens is 5. The van der Waals surface area contributed by atoms with Gasteiger partial charge in [0.15, 0.2) is 0 Å². The molecule has 1 aliphatic heterocycles. The second-order valence-electron chi connectivity index (χ2n) is 7.72. The number of likely N-dealkylation sites (tertiary alicyclic amines) is 1. The molecule has 0 radical (unpaired) electrons. The largest absolute Gasteiger partial charge is 0.339 e. The Kier molecular flexibility index (Phi) is 5.11. The van der Waals surface area contributed by atoms with E-state index in [2.05, 4.69) is 39.3 Å². The predicted molar refractivity (Wildman–Crippen MR) is 113 cm³/mol. The average molecular weight is 400 g/mol. The van der Waals surface area contributed by atoms with E-state index >= 15 is 0 Å². The van der Waals surface area contributed by atoms with Crippen LogP contribution in [0.5, 0.6) is 0 Å². The first kappa shape index (κ1) is 18.7. The van der Waals surface area contributed by atoms with Gasteiger partial charge in [0.1, 0.15) is 0 Å². The van der Waals surface area contributed by atoms with E-state index in [1.807, 2.05) is 59.7 Å². The van der Waals surface area contributed by atoms with E-state index < -0.39 is 0 Å². The van der Waals surface area contributed by atoms with Crippen LogP contribution in [-0.4, -0.2) is 42.9 Å². The van der Waals surface area contributed by atoms with Crippen LogP contribution in [0.3, 0.4) is 0 Å². The number of rotatable bonds is 6. The smallest absolute Gasteiger partial charge is 0.232 e. The van der Waals surface area contributed by atoms with Crippen molar-refractivity contribution in [3.63, 3.8) is 0 Å². The van der Waals surface area contributed by atoms with Crippen LogP contribution in [0.15, 0.2) is 71.8 Å². The van der Waals surface area contributed by atoms with Crippen LogP contribution in [-0.2, 0) is 13.1 Å². The van der Waals surface area contributed by atoms with Gasteiger partial charge in [-0.15, -0.1) is 0 Å². The summed E-state index contributed by atoms with van der Waals surface area (Å²) in [4.78, 5) is 11.5. The monoisotopic (exact) mass is 400 g/mol. The number of hydrogen-bond acceptors (Lipinski definition) is 6. The van der Waals surface area contributed by atoms with E-state index in [-0.39, 0.29) is 11.8 Å². The van der Waals surface area contributed by atoms with Crippen LogP contribution < -0.4 is 0 Å². The van der Waals surface area contributed by atoms with Crippen molar-refractivity contribution in [2.45, 2.75) is 31.8 Å². The summed E-state index contributed by atoms with van der Waals surface area (Å²) in [6, 6.07) is 14.1. The maximum absolute atomic E-state index is 5.75. The van der Waals surface area contributed by atoms with Gasteiger partial charge in [-0.3, -0.25) is 14.6 Å². The van der Waals surface area contributed by atoms with Crippen molar-refractivity contribution in [2.24, 2.45) is 0 Å². The van der Waals surface area contributed by atoms with Crippen LogP contribution in [0.25, 0.3) is 11.4 Å². The first-order valence-corrected chi connectivity index (χ1v) is 10.3. The van der Waals surface area contributed by atoms with E-state index in [9.17, 15) is 0 Å². The van der Waals surface area contributed by atoms with E-state index in [4.69, 9.17) is 9.51 Å². The second-order valence-corrected chi connectivity index (χ2v) is 7.72. The van der Waals surface area contributed by atoms with Gasteiger partial charge in [-0.05, 0) is 18.6 Å². The van der Waals surface area contributed by atoms with Crippen molar-refractivity contribution in [3.8, 4) is 11.4 Å². The summed E-state index contributed by atoms with van der Waals surface area (Å²) in [7, 11) is 0. The highest BCUT2D eigenvalue weighted by atomic mass is 16.5. The van der Waals surface area contributed by atoms with E-state index in [1.165, 1.54) is 11.1 Å². The zero-order valence-corrected chi connectivity index (χ0v) is 16.9. The summed E-state index contributed by atoms with van der Waals surface area (Å²) in [5.41, 5.74) is 3.39. The summed E-state index contributed by atoms with van der Waals surface area (Å²) in [6.07, 6.45) is 7.83. The van der Waals surface area contributed by atoms with Crippen LogP contribution in [0, 0.1) is 0 Å². The Labute approximate surface area is 175 Å². The fourth-order valence-electron chi connectivity index (χ4n) is 4.21. The van der Waals surface area contributed by atoms with Gasteiger partial charge in [0.25, 0.3) is 0 Å². The molecule has 0 bridgehead atoms. The van der Waals surface area contributed by atoms with Crippen molar-refractivity contribution in [1.29, 1.82) is 0 Å². The summed E-state index contributed by atoms with van der Waals surface area (Å²) in [6.45, 7) is 5.60. The molecule has 30 heavy (non-hydrogen) atoms. The molecule has 0 amide bonds. The molecule has 1 aromatic carbocycles. The molecule has 2 atom stereocenters. The molecule has 1 saturated heterocycles. The molecule has 152 valence electrons. The van der Waals surface area contributed by atoms with Crippen molar-refractivity contribution in [3.05, 3.63) is 84.3 Å². The summed E-state index contributed by atoms with van der Waals surface area (Å²) in [5.74, 6) is 1.71. The summed E-state index contributed by atoms with van der Waals surface area (Å²) in [5, 5.41) is 8.66. The lowest BCUT2D eigenvalue weighted by molar-refractivity contribution is 0.309. The van der Waals surface area contributed by atoms with Crippen molar-refractivity contribution >= 4 is 0 Å². The third-order valence-electron chi connectivity index (χ3n) is 5.72. The number of pyridine rings is 1. The summed E-state index contributed by atoms with van der Waals surface area (Å²) < 4.78 is 7.71. The predicted octanol–water partition coefficient (Wildman–Crippen LogP) is 3.73. The first-order valence-electron chi connectivity index (χ1n) is 10.3. The van der Waals surface area contributed by atoms with Gasteiger partial charge in [-0.25, -0.2) is 0 Å². The third-order valence-corrected chi connectivity index (χ3v) is 5.72. The molecular formula is C23H24N6O. The van der Waals surface area contributed by atoms with Crippen LogP contribution in [0.1, 0.15) is 35.8 Å². The Bertz CT molecular complexity index is 1090. The Morgan fingerprint density at radius 3 is 2.67 bits per heavy atom. The maximum atomic E-state index is 5.75. The molecule has 0 N–H and O–H groups in total. The molecule has 5 rings (SSSR count). The van der Waals surface area contributed by atoms with E-state index in [0.29, 0.717) is 11.7 Å². The quantitative estimate of drug-likeness (QED) is 0.491. The molecule has 1 fully saturated rings. The zero-order valence-electron chi connectivity index (χ0n) is 16.9. The molecule has 0 spiro atoms. The number of aryl methyl sites for hydroxylation is 1. The molecule has 4 heterocycles. The molecule has 0 aliphatic carbocycles. The second kappa shape index (κ2) is 8.20. The fourth-order valence-corrected chi connectivity index (χ4v) is 4.21. The van der Waals surface area contributed by atoms with Crippen LogP contribution >= 0.6 is 0 Å². The SMILES string of the molecule is CCn1cc(CN2CC(c3cccnc3)C(c3nc(-c4ccccc4)no3)C2)cn1. The van der Waals surface area contributed by atoms with Crippen molar-refractivity contribution in [2.75, 3.05) is 13.1 Å². The van der Waals surface area contributed by atoms with Gasteiger partial charge in [0.05, 0.1) is 12.1 Å². The molecular weight excluding hydrogens is 376 g/mol. The normalized spacial score (nSPS) is 19.4. The molecule has 2 unspecified atom stereocenters. The lowest BCUT2D eigenvalue weighted by atomic mass is 9.90. The van der Waals surface area contributed by atoms with Crippen LogP contribution in [0.2, 0.25) is 0 Å². The third kappa shape index (κ3) is 3.76. The van der Waals surface area contributed by atoms with Crippen LogP contribution in [0.4, 0.5) is 0 Å². The highest BCUT2D eigenvalue weighted by Crippen LogP contribution is 2.39. The molecule has 3 aromatic heterocycles. The number of nitrogens with zero attached hydrogens (tertiary/aromatic N) is 6. The average Bonchev–Trinajstić information content (AvgIpc) is 3.55. The Hall–Kier alpha value is -3.32. The topological polar surface area (TPSA) is 72.9 Å². The maximum Gasteiger partial charge on any atom is 0.232 e. The molecule has 4 aromatic rings. The first-order chi connectivity index (χ1) is 14.8. The highest BCUT2D eigenvalue weighted by molar-refractivity contribution is 5.53. The van der Waals surface area contributed by atoms with Gasteiger partial charge >= 0.3 is 0 Å². The lowest BCUT2D eigenvalue weighted by Gasteiger charge is -2.15. The Balaban J connectivity index is 1.41. The zero-order chi connectivity index (χ0) is 20.3. The van der Waals surface area contributed by atoms with Crippen molar-refractivity contribution < 1.29 is 4.52 Å². The minimum atomic E-state index is 0.125. The van der Waals surface area contributed by atoms with Crippen molar-refractivity contribution in [1.82, 2.24) is 29.8 Å². The highest BCUT2D eigenvalue weighted by Gasteiger charge is 2.38. The molecule has 7 nitrogen and oxygen atoms in total. The van der Waals surface area contributed by atoms with Gasteiger partial charge in [0, 0.05) is 61.8 Å². The van der Waals surface area contributed by atoms with E-state index in [1.54, 1.807) is 0 Å². The fraction of sp³-hybridized carbons (Fsp3) is 0.304.